The Bertz CT molecular complexity index is 313. The van der Waals surface area contributed by atoms with Crippen molar-refractivity contribution >= 4 is 23.1 Å². The number of nitrogens with zero attached hydrogens (tertiary/aromatic N) is 1. The summed E-state index contributed by atoms with van der Waals surface area (Å²) in [7, 11) is 0. The fraction of sp³-hybridized carbons (Fsp3) is 0.462. The van der Waals surface area contributed by atoms with Gasteiger partial charge in [-0.2, -0.15) is 0 Å². The molecule has 1 aromatic carbocycles. The van der Waals surface area contributed by atoms with Crippen LogP contribution in [0.5, 0.6) is 0 Å². The molecule has 0 saturated carbocycles. The lowest BCUT2D eigenvalue weighted by Crippen LogP contribution is -2.29. The summed E-state index contributed by atoms with van der Waals surface area (Å²) >= 11 is 4.86. The van der Waals surface area contributed by atoms with Crippen molar-refractivity contribution in [3.05, 3.63) is 30.3 Å². The largest absolute Gasteiger partial charge is 0.486 e. The predicted molar refractivity (Wildman–Crippen MR) is 73.2 cm³/mol. The van der Waals surface area contributed by atoms with Gasteiger partial charge in [0.15, 0.2) is 0 Å². The molecule has 0 saturated heterocycles. The summed E-state index contributed by atoms with van der Waals surface area (Å²) in [6.45, 7) is 2.98. The van der Waals surface area contributed by atoms with Gasteiger partial charge in [-0.1, -0.05) is 44.4 Å². The summed E-state index contributed by atoms with van der Waals surface area (Å²) in [4.78, 5) is 1.78. The zero-order valence-corrected chi connectivity index (χ0v) is 10.5. The highest BCUT2D eigenvalue weighted by Crippen LogP contribution is 2.14. The normalized spacial score (nSPS) is 10.1. The molecule has 0 heterocycles. The third kappa shape index (κ3) is 4.19. The van der Waals surface area contributed by atoms with Crippen molar-refractivity contribution in [1.29, 1.82) is 0 Å². The van der Waals surface area contributed by atoms with E-state index in [1.54, 1.807) is 4.90 Å². The van der Waals surface area contributed by atoms with Gasteiger partial charge in [0.25, 0.3) is 5.17 Å². The molecule has 3 heteroatoms. The summed E-state index contributed by atoms with van der Waals surface area (Å²) in [5, 5.41) is 9.44. The van der Waals surface area contributed by atoms with Crippen LogP contribution in [0, 0.1) is 0 Å². The molecule has 0 aromatic heterocycles. The summed E-state index contributed by atoms with van der Waals surface area (Å²) in [6, 6.07) is 9.78. The molecule has 0 unspecified atom stereocenters. The standard InChI is InChI=1S/C13H19NOS/c1-2-3-4-8-11-14(13(15)16)12-9-6-5-7-10-12/h5-7,9-10H,2-4,8,11H2,1H3,(H,15,16). The van der Waals surface area contributed by atoms with E-state index in [-0.39, 0.29) is 5.17 Å². The van der Waals surface area contributed by atoms with Crippen LogP contribution in [0.2, 0.25) is 0 Å². The molecule has 0 radical (unpaired) electrons. The third-order valence-electron chi connectivity index (χ3n) is 2.53. The Labute approximate surface area is 103 Å². The maximum atomic E-state index is 9.48. The van der Waals surface area contributed by atoms with Gasteiger partial charge in [-0.05, 0) is 30.8 Å². The molecule has 0 atom stereocenters. The van der Waals surface area contributed by atoms with Gasteiger partial charge in [-0.25, -0.2) is 0 Å². The first kappa shape index (κ1) is 13.0. The van der Waals surface area contributed by atoms with Gasteiger partial charge in [0.2, 0.25) is 0 Å². The SMILES string of the molecule is CCCCCCN(C(O)=S)c1ccccc1. The van der Waals surface area contributed by atoms with Crippen LogP contribution in [-0.2, 0) is 0 Å². The second kappa shape index (κ2) is 7.23. The molecule has 88 valence electrons. The quantitative estimate of drug-likeness (QED) is 0.599. The summed E-state index contributed by atoms with van der Waals surface area (Å²) in [5.74, 6) is 0. The van der Waals surface area contributed by atoms with Crippen molar-refractivity contribution in [3.63, 3.8) is 0 Å². The Hall–Kier alpha value is -1.09. The van der Waals surface area contributed by atoms with Gasteiger partial charge >= 0.3 is 0 Å². The highest BCUT2D eigenvalue weighted by atomic mass is 32.1. The topological polar surface area (TPSA) is 23.5 Å². The van der Waals surface area contributed by atoms with Crippen LogP contribution in [-0.4, -0.2) is 16.8 Å². The predicted octanol–water partition coefficient (Wildman–Crippen LogP) is 3.92. The van der Waals surface area contributed by atoms with Gasteiger partial charge in [-0.3, -0.25) is 0 Å². The number of thiocarbonyl (C=S) groups is 1. The second-order valence-electron chi connectivity index (χ2n) is 3.83. The number of anilines is 1. The van der Waals surface area contributed by atoms with Crippen LogP contribution >= 0.6 is 12.2 Å². The number of unbranched alkanes of at least 4 members (excludes halogenated alkanes) is 3. The maximum absolute atomic E-state index is 9.48. The molecule has 1 rings (SSSR count). The van der Waals surface area contributed by atoms with Crippen molar-refractivity contribution in [1.82, 2.24) is 0 Å². The Kier molecular flexibility index (Phi) is 5.86. The molecule has 0 spiro atoms. The first-order valence-electron chi connectivity index (χ1n) is 5.81. The van der Waals surface area contributed by atoms with Crippen molar-refractivity contribution in [3.8, 4) is 0 Å². The van der Waals surface area contributed by atoms with Gasteiger partial charge < -0.3 is 10.0 Å². The Morgan fingerprint density at radius 3 is 2.44 bits per heavy atom. The molecule has 0 aliphatic rings. The highest BCUT2D eigenvalue weighted by Gasteiger charge is 2.09. The molecular formula is C13H19NOS. The summed E-state index contributed by atoms with van der Waals surface area (Å²) in [5.41, 5.74) is 0.964. The van der Waals surface area contributed by atoms with E-state index in [4.69, 9.17) is 12.2 Å². The van der Waals surface area contributed by atoms with Gasteiger partial charge in [0, 0.05) is 12.2 Å². The number of hydrogen-bond donors (Lipinski definition) is 1. The van der Waals surface area contributed by atoms with E-state index in [0.29, 0.717) is 0 Å². The van der Waals surface area contributed by atoms with Gasteiger partial charge in [0.05, 0.1) is 0 Å². The molecule has 0 fully saturated rings. The van der Waals surface area contributed by atoms with E-state index in [2.05, 4.69) is 6.92 Å². The third-order valence-corrected chi connectivity index (χ3v) is 2.75. The maximum Gasteiger partial charge on any atom is 0.261 e. The van der Waals surface area contributed by atoms with Gasteiger partial charge in [-0.15, -0.1) is 0 Å². The lowest BCUT2D eigenvalue weighted by Gasteiger charge is -2.21. The van der Waals surface area contributed by atoms with Crippen LogP contribution in [0.3, 0.4) is 0 Å². The van der Waals surface area contributed by atoms with E-state index >= 15 is 0 Å². The number of aliphatic hydroxyl groups excluding tert-OH is 1. The molecule has 0 aliphatic carbocycles. The summed E-state index contributed by atoms with van der Waals surface area (Å²) < 4.78 is 0. The Morgan fingerprint density at radius 2 is 1.88 bits per heavy atom. The lowest BCUT2D eigenvalue weighted by atomic mass is 10.2. The number of para-hydroxylation sites is 1. The average Bonchev–Trinajstić information content (AvgIpc) is 2.30. The fourth-order valence-corrected chi connectivity index (χ4v) is 1.84. The smallest absolute Gasteiger partial charge is 0.261 e. The molecular weight excluding hydrogens is 218 g/mol. The average molecular weight is 237 g/mol. The van der Waals surface area contributed by atoms with Crippen LogP contribution in [0.15, 0.2) is 30.3 Å². The van der Waals surface area contributed by atoms with Gasteiger partial charge in [0.1, 0.15) is 0 Å². The molecule has 1 N–H and O–H groups in total. The number of hydrogen-bond acceptors (Lipinski definition) is 1. The van der Waals surface area contributed by atoms with E-state index < -0.39 is 0 Å². The van der Waals surface area contributed by atoms with Crippen LogP contribution < -0.4 is 4.90 Å². The fourth-order valence-electron chi connectivity index (χ4n) is 1.64. The monoisotopic (exact) mass is 237 g/mol. The highest BCUT2D eigenvalue weighted by molar-refractivity contribution is 7.80. The summed E-state index contributed by atoms with van der Waals surface area (Å²) in [6.07, 6.45) is 4.70. The molecule has 0 aliphatic heterocycles. The minimum Gasteiger partial charge on any atom is -0.486 e. The van der Waals surface area contributed by atoms with E-state index in [1.807, 2.05) is 30.3 Å². The van der Waals surface area contributed by atoms with E-state index in [0.717, 1.165) is 18.7 Å². The number of rotatable bonds is 6. The minimum atomic E-state index is -0.0392. The second-order valence-corrected chi connectivity index (χ2v) is 4.20. The zero-order valence-electron chi connectivity index (χ0n) is 9.72. The van der Waals surface area contributed by atoms with Crippen LogP contribution in [0.25, 0.3) is 0 Å². The molecule has 0 amide bonds. The zero-order chi connectivity index (χ0) is 11.8. The molecule has 1 aromatic rings. The minimum absolute atomic E-state index is 0.0392. The van der Waals surface area contributed by atoms with Crippen molar-refractivity contribution < 1.29 is 5.11 Å². The Balaban J connectivity index is 2.52. The van der Waals surface area contributed by atoms with Crippen molar-refractivity contribution in [2.75, 3.05) is 11.4 Å². The first-order valence-corrected chi connectivity index (χ1v) is 6.22. The Morgan fingerprint density at radius 1 is 1.19 bits per heavy atom. The van der Waals surface area contributed by atoms with Crippen LogP contribution in [0.4, 0.5) is 5.69 Å². The molecule has 16 heavy (non-hydrogen) atoms. The first-order chi connectivity index (χ1) is 7.75. The van der Waals surface area contributed by atoms with Crippen molar-refractivity contribution in [2.45, 2.75) is 32.6 Å². The molecule has 2 nitrogen and oxygen atoms in total. The molecule has 0 bridgehead atoms. The number of aliphatic hydroxyl groups is 1. The van der Waals surface area contributed by atoms with E-state index in [1.165, 1.54) is 19.3 Å². The van der Waals surface area contributed by atoms with Crippen LogP contribution in [0.1, 0.15) is 32.6 Å². The number of benzene rings is 1. The van der Waals surface area contributed by atoms with Crippen molar-refractivity contribution in [2.24, 2.45) is 0 Å². The lowest BCUT2D eigenvalue weighted by molar-refractivity contribution is 0.542. The van der Waals surface area contributed by atoms with E-state index in [9.17, 15) is 5.11 Å².